The van der Waals surface area contributed by atoms with Crippen LogP contribution in [0.1, 0.15) is 16.7 Å². The number of benzene rings is 2. The molecule has 0 amide bonds. The molecular formula is C16H18ClNO. The van der Waals surface area contributed by atoms with Crippen LogP contribution < -0.4 is 10.1 Å². The average molecular weight is 276 g/mol. The molecule has 0 saturated carbocycles. The lowest BCUT2D eigenvalue weighted by molar-refractivity contribution is 0.415. The Hall–Kier alpha value is -1.51. The van der Waals surface area contributed by atoms with E-state index in [0.29, 0.717) is 10.8 Å². The van der Waals surface area contributed by atoms with Gasteiger partial charge in [-0.1, -0.05) is 41.9 Å². The van der Waals surface area contributed by atoms with Crippen molar-refractivity contribution in [3.8, 4) is 5.75 Å². The molecule has 0 unspecified atom stereocenters. The molecule has 2 aromatic rings. The molecule has 0 heterocycles. The van der Waals surface area contributed by atoms with Crippen LogP contribution in [-0.2, 0) is 13.1 Å². The Bertz CT molecular complexity index is 554. The van der Waals surface area contributed by atoms with Crippen LogP contribution in [0.4, 0.5) is 0 Å². The van der Waals surface area contributed by atoms with Crippen molar-refractivity contribution in [3.05, 3.63) is 64.2 Å². The predicted octanol–water partition coefficient (Wildman–Crippen LogP) is 3.95. The molecule has 2 rings (SSSR count). The normalized spacial score (nSPS) is 10.5. The maximum absolute atomic E-state index is 6.10. The minimum atomic E-state index is 0.651. The number of halogens is 1. The first-order valence-corrected chi connectivity index (χ1v) is 6.66. The molecule has 0 aromatic heterocycles. The van der Waals surface area contributed by atoms with E-state index < -0.39 is 0 Å². The van der Waals surface area contributed by atoms with Crippen LogP contribution in [0.15, 0.2) is 42.5 Å². The van der Waals surface area contributed by atoms with Crippen LogP contribution >= 0.6 is 11.6 Å². The molecule has 0 aliphatic heterocycles. The first-order chi connectivity index (χ1) is 9.20. The second-order valence-electron chi connectivity index (χ2n) is 4.50. The summed E-state index contributed by atoms with van der Waals surface area (Å²) in [7, 11) is 1.62. The van der Waals surface area contributed by atoms with E-state index >= 15 is 0 Å². The molecule has 0 aliphatic carbocycles. The van der Waals surface area contributed by atoms with Gasteiger partial charge in [0.05, 0.1) is 12.1 Å². The van der Waals surface area contributed by atoms with Crippen molar-refractivity contribution in [2.24, 2.45) is 0 Å². The molecule has 2 aromatic carbocycles. The molecule has 0 bridgehead atoms. The topological polar surface area (TPSA) is 21.3 Å². The Morgan fingerprint density at radius 2 is 1.89 bits per heavy atom. The van der Waals surface area contributed by atoms with Gasteiger partial charge in [-0.3, -0.25) is 0 Å². The fourth-order valence-electron chi connectivity index (χ4n) is 1.97. The fourth-order valence-corrected chi connectivity index (χ4v) is 2.25. The quantitative estimate of drug-likeness (QED) is 0.892. The van der Waals surface area contributed by atoms with Gasteiger partial charge in [0.2, 0.25) is 0 Å². The summed E-state index contributed by atoms with van der Waals surface area (Å²) in [6.07, 6.45) is 0. The maximum atomic E-state index is 6.10. The van der Waals surface area contributed by atoms with Crippen LogP contribution in [0.25, 0.3) is 0 Å². The number of rotatable bonds is 5. The Morgan fingerprint density at radius 3 is 2.58 bits per heavy atom. The van der Waals surface area contributed by atoms with Crippen LogP contribution in [0.5, 0.6) is 5.75 Å². The van der Waals surface area contributed by atoms with Crippen molar-refractivity contribution in [1.82, 2.24) is 5.32 Å². The van der Waals surface area contributed by atoms with E-state index in [9.17, 15) is 0 Å². The third-order valence-electron chi connectivity index (χ3n) is 3.12. The van der Waals surface area contributed by atoms with Crippen molar-refractivity contribution < 1.29 is 4.74 Å². The Kier molecular flexibility index (Phi) is 4.83. The molecule has 0 radical (unpaired) electrons. The van der Waals surface area contributed by atoms with Gasteiger partial charge in [0, 0.05) is 13.1 Å². The van der Waals surface area contributed by atoms with Crippen molar-refractivity contribution in [2.45, 2.75) is 20.0 Å². The van der Waals surface area contributed by atoms with Crippen LogP contribution in [0.2, 0.25) is 5.02 Å². The lowest BCUT2D eigenvalue weighted by atomic mass is 10.1. The maximum Gasteiger partial charge on any atom is 0.137 e. The number of methoxy groups -OCH3 is 1. The summed E-state index contributed by atoms with van der Waals surface area (Å²) < 4.78 is 5.14. The van der Waals surface area contributed by atoms with Crippen molar-refractivity contribution in [1.29, 1.82) is 0 Å². The first kappa shape index (κ1) is 13.9. The van der Waals surface area contributed by atoms with E-state index in [1.54, 1.807) is 7.11 Å². The van der Waals surface area contributed by atoms with Crippen molar-refractivity contribution in [2.75, 3.05) is 7.11 Å². The molecular weight excluding hydrogens is 258 g/mol. The molecule has 2 nitrogen and oxygen atoms in total. The van der Waals surface area contributed by atoms with E-state index in [2.05, 4.69) is 36.5 Å². The number of nitrogens with one attached hydrogen (secondary N) is 1. The number of hydrogen-bond donors (Lipinski definition) is 1. The molecule has 0 spiro atoms. The van der Waals surface area contributed by atoms with Crippen molar-refractivity contribution >= 4 is 11.6 Å². The van der Waals surface area contributed by atoms with Gasteiger partial charge in [-0.2, -0.15) is 0 Å². The third-order valence-corrected chi connectivity index (χ3v) is 3.42. The summed E-state index contributed by atoms with van der Waals surface area (Å²) in [6, 6.07) is 14.2. The van der Waals surface area contributed by atoms with Gasteiger partial charge in [-0.25, -0.2) is 0 Å². The van der Waals surface area contributed by atoms with E-state index in [4.69, 9.17) is 16.3 Å². The van der Waals surface area contributed by atoms with Gasteiger partial charge >= 0.3 is 0 Å². The van der Waals surface area contributed by atoms with E-state index in [0.717, 1.165) is 18.7 Å². The zero-order valence-corrected chi connectivity index (χ0v) is 12.0. The van der Waals surface area contributed by atoms with Gasteiger partial charge in [0.1, 0.15) is 5.75 Å². The highest BCUT2D eigenvalue weighted by Gasteiger charge is 2.02. The van der Waals surface area contributed by atoms with E-state index in [1.807, 2.05) is 18.2 Å². The molecule has 100 valence electrons. The highest BCUT2D eigenvalue weighted by atomic mass is 35.5. The lowest BCUT2D eigenvalue weighted by Gasteiger charge is -2.09. The highest BCUT2D eigenvalue weighted by Crippen LogP contribution is 2.24. The van der Waals surface area contributed by atoms with E-state index in [-0.39, 0.29) is 0 Å². The summed E-state index contributed by atoms with van der Waals surface area (Å²) in [5.74, 6) is 0.712. The van der Waals surface area contributed by atoms with Gasteiger partial charge in [-0.15, -0.1) is 0 Å². The summed E-state index contributed by atoms with van der Waals surface area (Å²) in [6.45, 7) is 3.77. The second kappa shape index (κ2) is 6.60. The third kappa shape index (κ3) is 3.72. The Morgan fingerprint density at radius 1 is 1.11 bits per heavy atom. The monoisotopic (exact) mass is 275 g/mol. The predicted molar refractivity (Wildman–Crippen MR) is 79.7 cm³/mol. The summed E-state index contributed by atoms with van der Waals surface area (Å²) >= 11 is 6.10. The molecule has 1 N–H and O–H groups in total. The number of aryl methyl sites for hydroxylation is 1. The zero-order chi connectivity index (χ0) is 13.7. The molecule has 0 saturated heterocycles. The minimum Gasteiger partial charge on any atom is -0.495 e. The largest absolute Gasteiger partial charge is 0.495 e. The Balaban J connectivity index is 1.93. The second-order valence-corrected chi connectivity index (χ2v) is 4.91. The van der Waals surface area contributed by atoms with Gasteiger partial charge in [0.25, 0.3) is 0 Å². The zero-order valence-electron chi connectivity index (χ0n) is 11.2. The lowest BCUT2D eigenvalue weighted by Crippen LogP contribution is -2.13. The highest BCUT2D eigenvalue weighted by molar-refractivity contribution is 6.32. The Labute approximate surface area is 119 Å². The number of hydrogen-bond acceptors (Lipinski definition) is 2. The van der Waals surface area contributed by atoms with Crippen LogP contribution in [0.3, 0.4) is 0 Å². The molecule has 0 atom stereocenters. The number of ether oxygens (including phenoxy) is 1. The standard InChI is InChI=1S/C16H18ClNO/c1-12-5-3-4-6-14(12)11-18-10-13-7-8-16(19-2)15(17)9-13/h3-9,18H,10-11H2,1-2H3. The smallest absolute Gasteiger partial charge is 0.137 e. The molecule has 0 fully saturated rings. The van der Waals surface area contributed by atoms with Crippen LogP contribution in [0, 0.1) is 6.92 Å². The van der Waals surface area contributed by atoms with Gasteiger partial charge in [-0.05, 0) is 35.7 Å². The average Bonchev–Trinajstić information content (AvgIpc) is 2.41. The van der Waals surface area contributed by atoms with Crippen molar-refractivity contribution in [3.63, 3.8) is 0 Å². The van der Waals surface area contributed by atoms with Gasteiger partial charge in [0.15, 0.2) is 0 Å². The summed E-state index contributed by atoms with van der Waals surface area (Å²) in [5, 5.41) is 4.07. The molecule has 19 heavy (non-hydrogen) atoms. The minimum absolute atomic E-state index is 0.651. The van der Waals surface area contributed by atoms with Gasteiger partial charge < -0.3 is 10.1 Å². The van der Waals surface area contributed by atoms with Crippen LogP contribution in [-0.4, -0.2) is 7.11 Å². The summed E-state index contributed by atoms with van der Waals surface area (Å²) in [5.41, 5.74) is 3.78. The van der Waals surface area contributed by atoms with E-state index in [1.165, 1.54) is 11.1 Å². The SMILES string of the molecule is COc1ccc(CNCc2ccccc2C)cc1Cl. The summed E-state index contributed by atoms with van der Waals surface area (Å²) in [4.78, 5) is 0. The fraction of sp³-hybridized carbons (Fsp3) is 0.250. The molecule has 0 aliphatic rings. The molecule has 3 heteroatoms. The first-order valence-electron chi connectivity index (χ1n) is 6.28.